The van der Waals surface area contributed by atoms with Gasteiger partial charge < -0.3 is 19.5 Å². The Bertz CT molecular complexity index is 1420. The highest BCUT2D eigenvalue weighted by Gasteiger charge is 2.31. The van der Waals surface area contributed by atoms with Crippen LogP contribution in [0.1, 0.15) is 25.0 Å². The number of nitrogens with zero attached hydrogens (tertiary/aromatic N) is 2. The summed E-state index contributed by atoms with van der Waals surface area (Å²) in [6.45, 7) is 5.40. The Morgan fingerprint density at radius 3 is 2.49 bits per heavy atom. The van der Waals surface area contributed by atoms with Crippen LogP contribution in [0.2, 0.25) is 0 Å². The van der Waals surface area contributed by atoms with Crippen LogP contribution in [0.5, 0.6) is 11.5 Å². The van der Waals surface area contributed by atoms with Crippen LogP contribution in [0.4, 0.5) is 5.69 Å². The summed E-state index contributed by atoms with van der Waals surface area (Å²) in [5, 5.41) is 9.89. The topological polar surface area (TPSA) is 108 Å². The highest BCUT2D eigenvalue weighted by atomic mass is 32.2. The molecule has 3 aromatic carbocycles. The predicted octanol–water partition coefficient (Wildman–Crippen LogP) is 3.78. The molecular formula is C31H39N3O6S. The van der Waals surface area contributed by atoms with E-state index in [1.54, 1.807) is 48.4 Å². The van der Waals surface area contributed by atoms with Crippen LogP contribution in [-0.4, -0.2) is 75.2 Å². The number of fused-ring (bicyclic) bond motifs is 1. The third-order valence-corrected chi connectivity index (χ3v) is 8.72. The van der Waals surface area contributed by atoms with Gasteiger partial charge in [0.25, 0.3) is 10.0 Å². The molecule has 220 valence electrons. The van der Waals surface area contributed by atoms with Gasteiger partial charge in [0, 0.05) is 36.8 Å². The molecule has 1 aliphatic heterocycles. The molecule has 1 amide bonds. The van der Waals surface area contributed by atoms with Gasteiger partial charge in [0.2, 0.25) is 5.91 Å². The Morgan fingerprint density at radius 2 is 1.83 bits per heavy atom. The van der Waals surface area contributed by atoms with Gasteiger partial charge in [-0.15, -0.1) is 0 Å². The van der Waals surface area contributed by atoms with Gasteiger partial charge in [0.05, 0.1) is 31.1 Å². The maximum Gasteiger partial charge on any atom is 0.261 e. The van der Waals surface area contributed by atoms with Crippen LogP contribution < -0.4 is 14.2 Å². The SMILES string of the molecule is COc1ccc(CN(C)C[C@@H]2Oc3ccc(NS(=O)(=O)c4ccccc4)cc3CC(=O)N([C@H](C)CO)C[C@@H]2C)cc1. The largest absolute Gasteiger partial charge is 0.497 e. The number of nitrogens with one attached hydrogen (secondary N) is 1. The molecule has 0 aromatic heterocycles. The summed E-state index contributed by atoms with van der Waals surface area (Å²) in [5.74, 6) is 1.13. The number of likely N-dealkylation sites (N-methyl/N-ethyl adjacent to an activating group) is 1. The van der Waals surface area contributed by atoms with Crippen LogP contribution >= 0.6 is 0 Å². The lowest BCUT2D eigenvalue weighted by Crippen LogP contribution is -2.47. The number of benzene rings is 3. The van der Waals surface area contributed by atoms with Gasteiger partial charge in [-0.3, -0.25) is 14.4 Å². The number of sulfonamides is 1. The van der Waals surface area contributed by atoms with E-state index in [0.717, 1.165) is 11.3 Å². The molecule has 0 saturated carbocycles. The molecule has 0 unspecified atom stereocenters. The van der Waals surface area contributed by atoms with Gasteiger partial charge in [-0.1, -0.05) is 37.3 Å². The summed E-state index contributed by atoms with van der Waals surface area (Å²) in [5.41, 5.74) is 2.05. The van der Waals surface area contributed by atoms with E-state index in [9.17, 15) is 18.3 Å². The maximum absolute atomic E-state index is 13.5. The number of methoxy groups -OCH3 is 1. The molecule has 41 heavy (non-hydrogen) atoms. The first-order valence-electron chi connectivity index (χ1n) is 13.7. The van der Waals surface area contributed by atoms with Crippen molar-refractivity contribution in [3.8, 4) is 11.5 Å². The summed E-state index contributed by atoms with van der Waals surface area (Å²) in [6, 6.07) is 20.7. The van der Waals surface area contributed by atoms with E-state index in [4.69, 9.17) is 9.47 Å². The highest BCUT2D eigenvalue weighted by Crippen LogP contribution is 2.30. The molecule has 0 saturated heterocycles. The predicted molar refractivity (Wildman–Crippen MR) is 159 cm³/mol. The molecule has 9 nitrogen and oxygen atoms in total. The van der Waals surface area contributed by atoms with Crippen molar-refractivity contribution in [2.45, 2.75) is 43.9 Å². The average Bonchev–Trinajstić information content (AvgIpc) is 3.00. The van der Waals surface area contributed by atoms with Crippen molar-refractivity contribution in [1.82, 2.24) is 9.80 Å². The smallest absolute Gasteiger partial charge is 0.261 e. The molecule has 2 N–H and O–H groups in total. The lowest BCUT2D eigenvalue weighted by atomic mass is 10.0. The summed E-state index contributed by atoms with van der Waals surface area (Å²) in [6.07, 6.45) is -0.259. The Labute approximate surface area is 242 Å². The molecule has 10 heteroatoms. The molecule has 0 aliphatic carbocycles. The van der Waals surface area contributed by atoms with E-state index in [2.05, 4.69) is 9.62 Å². The van der Waals surface area contributed by atoms with E-state index in [1.807, 2.05) is 45.2 Å². The number of amides is 1. The number of carbonyl (C=O) groups is 1. The van der Waals surface area contributed by atoms with E-state index < -0.39 is 10.0 Å². The molecule has 0 spiro atoms. The van der Waals surface area contributed by atoms with E-state index in [0.29, 0.717) is 36.6 Å². The van der Waals surface area contributed by atoms with Crippen molar-refractivity contribution in [2.24, 2.45) is 5.92 Å². The fourth-order valence-electron chi connectivity index (χ4n) is 4.94. The zero-order chi connectivity index (χ0) is 29.6. The third-order valence-electron chi connectivity index (χ3n) is 7.33. The monoisotopic (exact) mass is 581 g/mol. The number of carbonyl (C=O) groups excluding carboxylic acids is 1. The van der Waals surface area contributed by atoms with E-state index >= 15 is 0 Å². The quantitative estimate of drug-likeness (QED) is 0.375. The molecule has 3 atom stereocenters. The molecular weight excluding hydrogens is 542 g/mol. The van der Waals surface area contributed by atoms with Crippen LogP contribution in [-0.2, 0) is 27.8 Å². The highest BCUT2D eigenvalue weighted by molar-refractivity contribution is 7.92. The van der Waals surface area contributed by atoms with E-state index in [1.165, 1.54) is 12.1 Å². The number of aliphatic hydroxyl groups excluding tert-OH is 1. The first-order valence-corrected chi connectivity index (χ1v) is 15.2. The molecule has 0 fully saturated rings. The Hall–Kier alpha value is -3.60. The molecule has 1 aliphatic rings. The van der Waals surface area contributed by atoms with Gasteiger partial charge >= 0.3 is 0 Å². The van der Waals surface area contributed by atoms with Crippen molar-refractivity contribution < 1.29 is 27.8 Å². The van der Waals surface area contributed by atoms with Crippen LogP contribution in [0.3, 0.4) is 0 Å². The average molecular weight is 582 g/mol. The van der Waals surface area contributed by atoms with E-state index in [-0.39, 0.29) is 41.9 Å². The summed E-state index contributed by atoms with van der Waals surface area (Å²) >= 11 is 0. The van der Waals surface area contributed by atoms with Crippen molar-refractivity contribution in [1.29, 1.82) is 0 Å². The lowest BCUT2D eigenvalue weighted by molar-refractivity contribution is -0.134. The zero-order valence-electron chi connectivity index (χ0n) is 24.0. The number of hydrogen-bond acceptors (Lipinski definition) is 7. The summed E-state index contributed by atoms with van der Waals surface area (Å²) in [4.78, 5) is 17.5. The van der Waals surface area contributed by atoms with Crippen LogP contribution in [0.25, 0.3) is 0 Å². The van der Waals surface area contributed by atoms with Gasteiger partial charge in [-0.25, -0.2) is 8.42 Å². The van der Waals surface area contributed by atoms with Crippen LogP contribution in [0, 0.1) is 5.92 Å². The normalized spacial score (nSPS) is 18.5. The molecule has 4 rings (SSSR count). The number of aliphatic hydroxyl groups is 1. The number of anilines is 1. The maximum atomic E-state index is 13.5. The van der Waals surface area contributed by atoms with Gasteiger partial charge in [0.15, 0.2) is 0 Å². The first kappa shape index (κ1) is 30.4. The molecule has 3 aromatic rings. The first-order chi connectivity index (χ1) is 19.6. The lowest BCUT2D eigenvalue weighted by Gasteiger charge is -2.34. The summed E-state index contributed by atoms with van der Waals surface area (Å²) in [7, 11) is -0.145. The minimum Gasteiger partial charge on any atom is -0.497 e. The van der Waals surface area contributed by atoms with Gasteiger partial charge in [-0.2, -0.15) is 0 Å². The van der Waals surface area contributed by atoms with Gasteiger partial charge in [-0.05, 0) is 62.0 Å². The summed E-state index contributed by atoms with van der Waals surface area (Å²) < 4.78 is 40.3. The number of ether oxygens (including phenoxy) is 2. The Balaban J connectivity index is 1.61. The minimum absolute atomic E-state index is 0.0156. The van der Waals surface area contributed by atoms with Crippen molar-refractivity contribution in [3.05, 3.63) is 83.9 Å². The number of rotatable bonds is 10. The minimum atomic E-state index is -3.81. The Kier molecular flexibility index (Phi) is 9.90. The Morgan fingerprint density at radius 1 is 1.12 bits per heavy atom. The second kappa shape index (κ2) is 13.4. The molecule has 0 bridgehead atoms. The zero-order valence-corrected chi connectivity index (χ0v) is 24.8. The standard InChI is InChI=1S/C31H39N3O6S/c1-22-18-34(23(2)21-35)31(36)17-25-16-26(32-41(37,38)28-8-6-5-7-9-28)12-15-29(25)40-30(22)20-33(3)19-24-10-13-27(39-4)14-11-24/h5-16,22-23,30,32,35H,17-21H2,1-4H3/t22-,23+,30-/m0/s1. The fraction of sp³-hybridized carbons (Fsp3) is 0.387. The second-order valence-electron chi connectivity index (χ2n) is 10.7. The van der Waals surface area contributed by atoms with Crippen LogP contribution in [0.15, 0.2) is 77.7 Å². The third kappa shape index (κ3) is 7.78. The van der Waals surface area contributed by atoms with Gasteiger partial charge in [0.1, 0.15) is 17.6 Å². The van der Waals surface area contributed by atoms with Crippen molar-refractivity contribution in [2.75, 3.05) is 38.6 Å². The second-order valence-corrected chi connectivity index (χ2v) is 12.4. The molecule has 1 heterocycles. The van der Waals surface area contributed by atoms with Crippen molar-refractivity contribution in [3.63, 3.8) is 0 Å². The van der Waals surface area contributed by atoms with Crippen molar-refractivity contribution >= 4 is 21.6 Å². The molecule has 0 radical (unpaired) electrons. The number of hydrogen-bond donors (Lipinski definition) is 2. The fourth-order valence-corrected chi connectivity index (χ4v) is 6.01.